The standard InChI is InChI=1S/C30H31F2N3O6/c1-17-22(8-5-9-26(17)37)28(39)34-24(12-18-6-3-2-4-7-18)27(38)30(41)35-16-21(36)14-25(35)29(40)33-15-19-10-11-20(31)13-23(19)32/h2-11,13,21,24-25,27,36-38H,12,14-16H2,1H3,(H,33,40)(H,34,39)/t21-,24+,25+,27+/m1/s1. The Morgan fingerprint density at radius 1 is 1.05 bits per heavy atom. The van der Waals surface area contributed by atoms with Crippen LogP contribution in [0.4, 0.5) is 8.78 Å². The molecular weight excluding hydrogens is 536 g/mol. The second-order valence-electron chi connectivity index (χ2n) is 10.0. The van der Waals surface area contributed by atoms with E-state index in [0.717, 1.165) is 11.0 Å². The number of carbonyl (C=O) groups excluding carboxylic acids is 3. The quantitative estimate of drug-likeness (QED) is 0.268. The van der Waals surface area contributed by atoms with Crippen LogP contribution >= 0.6 is 0 Å². The molecule has 3 aromatic rings. The lowest BCUT2D eigenvalue weighted by Gasteiger charge is -2.30. The SMILES string of the molecule is Cc1c(O)cccc1C(=O)N[C@@H](Cc1ccccc1)[C@H](O)C(=O)N1C[C@H](O)C[C@H]1C(=O)NCc1ccc(F)cc1F. The second-order valence-corrected chi connectivity index (χ2v) is 10.0. The number of nitrogens with one attached hydrogen (secondary N) is 2. The molecule has 0 unspecified atom stereocenters. The number of nitrogens with zero attached hydrogens (tertiary/aromatic N) is 1. The minimum absolute atomic E-state index is 0.0316. The molecule has 1 aliphatic heterocycles. The van der Waals surface area contributed by atoms with E-state index in [4.69, 9.17) is 0 Å². The molecule has 1 saturated heterocycles. The number of hydrogen-bond acceptors (Lipinski definition) is 6. The van der Waals surface area contributed by atoms with Gasteiger partial charge in [-0.3, -0.25) is 14.4 Å². The number of phenolic OH excluding ortho intramolecular Hbond substituents is 1. The lowest BCUT2D eigenvalue weighted by atomic mass is 9.98. The highest BCUT2D eigenvalue weighted by atomic mass is 19.1. The molecule has 3 aromatic carbocycles. The molecule has 0 spiro atoms. The maximum absolute atomic E-state index is 14.0. The topological polar surface area (TPSA) is 139 Å². The Morgan fingerprint density at radius 2 is 1.78 bits per heavy atom. The normalized spacial score (nSPS) is 18.0. The first-order chi connectivity index (χ1) is 19.5. The van der Waals surface area contributed by atoms with Gasteiger partial charge in [0.15, 0.2) is 6.10 Å². The number of rotatable bonds is 9. The van der Waals surface area contributed by atoms with Crippen LogP contribution in [-0.4, -0.2) is 68.8 Å². The highest BCUT2D eigenvalue weighted by Crippen LogP contribution is 2.23. The largest absolute Gasteiger partial charge is 0.508 e. The Kier molecular flexibility index (Phi) is 9.31. The van der Waals surface area contributed by atoms with Crippen molar-refractivity contribution in [1.82, 2.24) is 15.5 Å². The van der Waals surface area contributed by atoms with Crippen LogP contribution in [0.5, 0.6) is 5.75 Å². The molecule has 5 N–H and O–H groups in total. The van der Waals surface area contributed by atoms with Crippen LogP contribution in [0.2, 0.25) is 0 Å². The molecule has 1 fully saturated rings. The highest BCUT2D eigenvalue weighted by molar-refractivity contribution is 5.97. The number of aromatic hydroxyl groups is 1. The number of amides is 3. The van der Waals surface area contributed by atoms with Crippen LogP contribution in [0, 0.1) is 18.6 Å². The third-order valence-electron chi connectivity index (χ3n) is 7.13. The first-order valence-corrected chi connectivity index (χ1v) is 13.1. The average Bonchev–Trinajstić information content (AvgIpc) is 3.35. The van der Waals surface area contributed by atoms with Gasteiger partial charge in [-0.25, -0.2) is 8.78 Å². The van der Waals surface area contributed by atoms with Gasteiger partial charge in [0.1, 0.15) is 23.4 Å². The number of carbonyl (C=O) groups is 3. The van der Waals surface area contributed by atoms with Crippen molar-refractivity contribution in [3.8, 4) is 5.75 Å². The van der Waals surface area contributed by atoms with E-state index >= 15 is 0 Å². The van der Waals surface area contributed by atoms with Gasteiger partial charge in [0.25, 0.3) is 11.8 Å². The van der Waals surface area contributed by atoms with Gasteiger partial charge in [0.2, 0.25) is 5.91 Å². The smallest absolute Gasteiger partial charge is 0.254 e. The van der Waals surface area contributed by atoms with E-state index in [1.165, 1.54) is 24.3 Å². The minimum Gasteiger partial charge on any atom is -0.508 e. The first kappa shape index (κ1) is 29.6. The molecule has 0 bridgehead atoms. The summed E-state index contributed by atoms with van der Waals surface area (Å²) in [7, 11) is 0. The van der Waals surface area contributed by atoms with Crippen molar-refractivity contribution in [2.75, 3.05) is 6.54 Å². The minimum atomic E-state index is -1.80. The summed E-state index contributed by atoms with van der Waals surface area (Å²) in [5.74, 6) is -3.90. The monoisotopic (exact) mass is 567 g/mol. The zero-order chi connectivity index (χ0) is 29.7. The fourth-order valence-corrected chi connectivity index (χ4v) is 4.84. The van der Waals surface area contributed by atoms with Gasteiger partial charge in [-0.1, -0.05) is 42.5 Å². The molecule has 11 heteroatoms. The Bertz CT molecular complexity index is 1420. The van der Waals surface area contributed by atoms with Gasteiger partial charge < -0.3 is 30.9 Å². The van der Waals surface area contributed by atoms with Crippen LogP contribution in [0.1, 0.15) is 33.5 Å². The molecular formula is C30H31F2N3O6. The van der Waals surface area contributed by atoms with E-state index in [0.29, 0.717) is 17.2 Å². The van der Waals surface area contributed by atoms with Crippen LogP contribution in [0.15, 0.2) is 66.7 Å². The van der Waals surface area contributed by atoms with E-state index in [9.17, 15) is 38.5 Å². The molecule has 1 aliphatic rings. The summed E-state index contributed by atoms with van der Waals surface area (Å²) in [6.07, 6.45) is -2.91. The van der Waals surface area contributed by atoms with Crippen LogP contribution in [-0.2, 0) is 22.6 Å². The molecule has 3 amide bonds. The van der Waals surface area contributed by atoms with Crippen molar-refractivity contribution in [3.63, 3.8) is 0 Å². The van der Waals surface area contributed by atoms with Crippen molar-refractivity contribution in [2.24, 2.45) is 0 Å². The summed E-state index contributed by atoms with van der Waals surface area (Å²) in [5.41, 5.74) is 1.23. The summed E-state index contributed by atoms with van der Waals surface area (Å²) in [6.45, 7) is 1.04. The number of likely N-dealkylation sites (tertiary alicyclic amines) is 1. The molecule has 216 valence electrons. The van der Waals surface area contributed by atoms with E-state index in [2.05, 4.69) is 10.6 Å². The molecule has 9 nitrogen and oxygen atoms in total. The molecule has 4 atom stereocenters. The average molecular weight is 568 g/mol. The first-order valence-electron chi connectivity index (χ1n) is 13.1. The number of β-amino-alcohol motifs (C(OH)–C–C–N with tert-alkyl or cyclic N) is 1. The number of benzene rings is 3. The van der Waals surface area contributed by atoms with Gasteiger partial charge in [-0.2, -0.15) is 0 Å². The van der Waals surface area contributed by atoms with Crippen molar-refractivity contribution in [2.45, 2.75) is 50.6 Å². The van der Waals surface area contributed by atoms with Crippen molar-refractivity contribution >= 4 is 17.7 Å². The molecule has 0 radical (unpaired) electrons. The molecule has 41 heavy (non-hydrogen) atoms. The molecule has 0 aliphatic carbocycles. The van der Waals surface area contributed by atoms with Crippen LogP contribution in [0.3, 0.4) is 0 Å². The third-order valence-corrected chi connectivity index (χ3v) is 7.13. The molecule has 4 rings (SSSR count). The Morgan fingerprint density at radius 3 is 2.49 bits per heavy atom. The van der Waals surface area contributed by atoms with Crippen LogP contribution in [0.25, 0.3) is 0 Å². The van der Waals surface area contributed by atoms with Gasteiger partial charge in [-0.05, 0) is 37.1 Å². The summed E-state index contributed by atoms with van der Waals surface area (Å²) >= 11 is 0. The lowest BCUT2D eigenvalue weighted by Crippen LogP contribution is -2.55. The van der Waals surface area contributed by atoms with Crippen molar-refractivity contribution in [3.05, 3.63) is 101 Å². The molecule has 0 saturated carbocycles. The third kappa shape index (κ3) is 7.05. The molecule has 1 heterocycles. The number of aliphatic hydroxyl groups is 2. The molecule has 0 aromatic heterocycles. The highest BCUT2D eigenvalue weighted by Gasteiger charge is 2.43. The number of hydrogen-bond donors (Lipinski definition) is 5. The summed E-state index contributed by atoms with van der Waals surface area (Å²) in [5, 5.41) is 36.7. The zero-order valence-corrected chi connectivity index (χ0v) is 22.3. The second kappa shape index (κ2) is 12.9. The van der Waals surface area contributed by atoms with E-state index in [1.807, 2.05) is 0 Å². The zero-order valence-electron chi connectivity index (χ0n) is 22.3. The van der Waals surface area contributed by atoms with E-state index in [-0.39, 0.29) is 42.8 Å². The number of aliphatic hydroxyl groups excluding tert-OH is 2. The van der Waals surface area contributed by atoms with Gasteiger partial charge >= 0.3 is 0 Å². The Balaban J connectivity index is 1.52. The predicted octanol–water partition coefficient (Wildman–Crippen LogP) is 1.96. The van der Waals surface area contributed by atoms with Crippen molar-refractivity contribution in [1.29, 1.82) is 0 Å². The maximum atomic E-state index is 14.0. The summed E-state index contributed by atoms with van der Waals surface area (Å²) in [6, 6.07) is 13.9. The van der Waals surface area contributed by atoms with Gasteiger partial charge in [0, 0.05) is 42.3 Å². The fourth-order valence-electron chi connectivity index (χ4n) is 4.84. The van der Waals surface area contributed by atoms with Gasteiger partial charge in [-0.15, -0.1) is 0 Å². The summed E-state index contributed by atoms with van der Waals surface area (Å²) in [4.78, 5) is 40.7. The van der Waals surface area contributed by atoms with Gasteiger partial charge in [0.05, 0.1) is 12.1 Å². The lowest BCUT2D eigenvalue weighted by molar-refractivity contribution is -0.146. The van der Waals surface area contributed by atoms with Crippen molar-refractivity contribution < 1.29 is 38.5 Å². The Labute approximate surface area is 235 Å². The maximum Gasteiger partial charge on any atom is 0.254 e. The van der Waals surface area contributed by atoms with Crippen LogP contribution < -0.4 is 10.6 Å². The number of halogens is 2. The van der Waals surface area contributed by atoms with E-state index in [1.54, 1.807) is 37.3 Å². The van der Waals surface area contributed by atoms with E-state index < -0.39 is 53.6 Å². The summed E-state index contributed by atoms with van der Waals surface area (Å²) < 4.78 is 27.2. The number of phenols is 1. The Hall–Kier alpha value is -4.35. The predicted molar refractivity (Wildman–Crippen MR) is 145 cm³/mol. The fraction of sp³-hybridized carbons (Fsp3) is 0.300.